The highest BCUT2D eigenvalue weighted by Crippen LogP contribution is 2.40. The van der Waals surface area contributed by atoms with Gasteiger partial charge in [0.15, 0.2) is 0 Å². The SMILES string of the molecule is COc1cc(OC)c(C(NC(=O)OCc2ccccc2)C(C)C)c(OC)c1. The molecule has 6 nitrogen and oxygen atoms in total. The lowest BCUT2D eigenvalue weighted by atomic mass is 9.94. The molecule has 1 atom stereocenters. The van der Waals surface area contributed by atoms with Crippen LogP contribution in [0, 0.1) is 5.92 Å². The number of benzene rings is 2. The van der Waals surface area contributed by atoms with E-state index in [0.29, 0.717) is 17.2 Å². The molecule has 0 bridgehead atoms. The van der Waals surface area contributed by atoms with E-state index in [2.05, 4.69) is 5.32 Å². The monoisotopic (exact) mass is 373 g/mol. The van der Waals surface area contributed by atoms with Crippen LogP contribution in [0.3, 0.4) is 0 Å². The van der Waals surface area contributed by atoms with Crippen LogP contribution in [0.4, 0.5) is 4.79 Å². The molecule has 0 aliphatic rings. The fraction of sp³-hybridized carbons (Fsp3) is 0.381. The molecule has 1 N–H and O–H groups in total. The summed E-state index contributed by atoms with van der Waals surface area (Å²) in [4.78, 5) is 12.4. The minimum absolute atomic E-state index is 0.0745. The lowest BCUT2D eigenvalue weighted by molar-refractivity contribution is 0.132. The Kier molecular flexibility index (Phi) is 7.34. The van der Waals surface area contributed by atoms with Crippen LogP contribution in [0.25, 0.3) is 0 Å². The highest BCUT2D eigenvalue weighted by atomic mass is 16.5. The zero-order chi connectivity index (χ0) is 19.8. The van der Waals surface area contributed by atoms with Crippen molar-refractivity contribution in [1.82, 2.24) is 5.32 Å². The van der Waals surface area contributed by atoms with Gasteiger partial charge >= 0.3 is 6.09 Å². The third-order valence-corrected chi connectivity index (χ3v) is 4.22. The van der Waals surface area contributed by atoms with Gasteiger partial charge in [-0.05, 0) is 11.5 Å². The smallest absolute Gasteiger partial charge is 0.407 e. The standard InChI is InChI=1S/C21H27NO5/c1-14(2)20(22-21(23)27-13-15-9-7-6-8-10-15)19-17(25-4)11-16(24-3)12-18(19)26-5/h6-12,14,20H,13H2,1-5H3,(H,22,23). The molecule has 0 saturated heterocycles. The van der Waals surface area contributed by atoms with Gasteiger partial charge in [0.05, 0.1) is 32.9 Å². The number of hydrogen-bond donors (Lipinski definition) is 1. The summed E-state index contributed by atoms with van der Waals surface area (Å²) in [5.41, 5.74) is 1.67. The highest BCUT2D eigenvalue weighted by molar-refractivity contribution is 5.69. The van der Waals surface area contributed by atoms with Crippen molar-refractivity contribution in [2.75, 3.05) is 21.3 Å². The van der Waals surface area contributed by atoms with Crippen LogP contribution in [-0.4, -0.2) is 27.4 Å². The molecule has 2 rings (SSSR count). The molecule has 1 amide bonds. The third kappa shape index (κ3) is 5.29. The number of carbonyl (C=O) groups excluding carboxylic acids is 1. The summed E-state index contributed by atoms with van der Waals surface area (Å²) < 4.78 is 21.7. The summed E-state index contributed by atoms with van der Waals surface area (Å²) in [6.07, 6.45) is -0.502. The van der Waals surface area contributed by atoms with Crippen molar-refractivity contribution in [3.8, 4) is 17.2 Å². The molecular formula is C21H27NO5. The number of amides is 1. The van der Waals surface area contributed by atoms with Crippen LogP contribution in [-0.2, 0) is 11.3 Å². The van der Waals surface area contributed by atoms with E-state index in [-0.39, 0.29) is 18.6 Å². The van der Waals surface area contributed by atoms with Gasteiger partial charge < -0.3 is 24.3 Å². The summed E-state index contributed by atoms with van der Waals surface area (Å²) in [5.74, 6) is 1.84. The lowest BCUT2D eigenvalue weighted by Crippen LogP contribution is -2.32. The Bertz CT molecular complexity index is 720. The molecule has 6 heteroatoms. The van der Waals surface area contributed by atoms with Crippen molar-refractivity contribution in [3.05, 3.63) is 53.6 Å². The molecule has 2 aromatic rings. The predicted molar refractivity (Wildman–Crippen MR) is 103 cm³/mol. The molecule has 0 radical (unpaired) electrons. The van der Waals surface area contributed by atoms with Crippen LogP contribution < -0.4 is 19.5 Å². The lowest BCUT2D eigenvalue weighted by Gasteiger charge is -2.26. The maximum Gasteiger partial charge on any atom is 0.407 e. The summed E-state index contributed by atoms with van der Waals surface area (Å²) in [6, 6.07) is 12.7. The Labute approximate surface area is 160 Å². The van der Waals surface area contributed by atoms with Crippen molar-refractivity contribution in [3.63, 3.8) is 0 Å². The van der Waals surface area contributed by atoms with E-state index in [9.17, 15) is 4.79 Å². The zero-order valence-corrected chi connectivity index (χ0v) is 16.4. The van der Waals surface area contributed by atoms with Crippen LogP contribution in [0.5, 0.6) is 17.2 Å². The minimum Gasteiger partial charge on any atom is -0.496 e. The zero-order valence-electron chi connectivity index (χ0n) is 16.4. The van der Waals surface area contributed by atoms with Gasteiger partial charge in [0, 0.05) is 12.1 Å². The van der Waals surface area contributed by atoms with Crippen molar-refractivity contribution >= 4 is 6.09 Å². The first-order valence-corrected chi connectivity index (χ1v) is 8.77. The number of ether oxygens (including phenoxy) is 4. The molecular weight excluding hydrogens is 346 g/mol. The maximum atomic E-state index is 12.4. The third-order valence-electron chi connectivity index (χ3n) is 4.22. The molecule has 0 aromatic heterocycles. The molecule has 2 aromatic carbocycles. The Balaban J connectivity index is 2.22. The van der Waals surface area contributed by atoms with Crippen LogP contribution in [0.15, 0.2) is 42.5 Å². The molecule has 0 saturated carbocycles. The van der Waals surface area contributed by atoms with Crippen LogP contribution in [0.1, 0.15) is 31.0 Å². The Morgan fingerprint density at radius 1 is 0.963 bits per heavy atom. The van der Waals surface area contributed by atoms with Gasteiger partial charge in [-0.1, -0.05) is 44.2 Å². The second-order valence-electron chi connectivity index (χ2n) is 6.37. The number of nitrogens with one attached hydrogen (secondary N) is 1. The van der Waals surface area contributed by atoms with E-state index in [1.807, 2.05) is 44.2 Å². The first-order chi connectivity index (χ1) is 13.0. The van der Waals surface area contributed by atoms with Crippen molar-refractivity contribution in [1.29, 1.82) is 0 Å². The van der Waals surface area contributed by atoms with E-state index >= 15 is 0 Å². The van der Waals surface area contributed by atoms with Crippen LogP contribution >= 0.6 is 0 Å². The van der Waals surface area contributed by atoms with Gasteiger partial charge in [-0.15, -0.1) is 0 Å². The maximum absolute atomic E-state index is 12.4. The average Bonchev–Trinajstić information content (AvgIpc) is 2.70. The number of rotatable bonds is 8. The Hall–Kier alpha value is -2.89. The molecule has 0 aliphatic heterocycles. The summed E-state index contributed by atoms with van der Waals surface area (Å²) in [7, 11) is 4.72. The van der Waals surface area contributed by atoms with E-state index < -0.39 is 6.09 Å². The topological polar surface area (TPSA) is 66.0 Å². The van der Waals surface area contributed by atoms with E-state index in [0.717, 1.165) is 11.1 Å². The average molecular weight is 373 g/mol. The first-order valence-electron chi connectivity index (χ1n) is 8.77. The van der Waals surface area contributed by atoms with Gasteiger partial charge in [-0.25, -0.2) is 4.79 Å². The van der Waals surface area contributed by atoms with Gasteiger partial charge in [-0.3, -0.25) is 0 Å². The molecule has 0 fully saturated rings. The molecule has 0 aliphatic carbocycles. The van der Waals surface area contributed by atoms with Crippen LogP contribution in [0.2, 0.25) is 0 Å². The van der Waals surface area contributed by atoms with Crippen molar-refractivity contribution in [2.24, 2.45) is 5.92 Å². The van der Waals surface area contributed by atoms with Gasteiger partial charge in [0.25, 0.3) is 0 Å². The summed E-state index contributed by atoms with van der Waals surface area (Å²) in [6.45, 7) is 4.21. The van der Waals surface area contributed by atoms with E-state index in [1.54, 1.807) is 33.5 Å². The minimum atomic E-state index is -0.502. The normalized spacial score (nSPS) is 11.6. The number of hydrogen-bond acceptors (Lipinski definition) is 5. The highest BCUT2D eigenvalue weighted by Gasteiger charge is 2.27. The number of methoxy groups -OCH3 is 3. The largest absolute Gasteiger partial charge is 0.496 e. The van der Waals surface area contributed by atoms with E-state index in [1.165, 1.54) is 0 Å². The van der Waals surface area contributed by atoms with Crippen molar-refractivity contribution < 1.29 is 23.7 Å². The quantitative estimate of drug-likeness (QED) is 0.746. The van der Waals surface area contributed by atoms with Crippen molar-refractivity contribution in [2.45, 2.75) is 26.5 Å². The molecule has 1 unspecified atom stereocenters. The fourth-order valence-corrected chi connectivity index (χ4v) is 2.80. The fourth-order valence-electron chi connectivity index (χ4n) is 2.80. The molecule has 0 heterocycles. The van der Waals surface area contributed by atoms with Gasteiger partial charge in [-0.2, -0.15) is 0 Å². The summed E-state index contributed by atoms with van der Waals surface area (Å²) >= 11 is 0. The van der Waals surface area contributed by atoms with Gasteiger partial charge in [0.1, 0.15) is 23.9 Å². The van der Waals surface area contributed by atoms with Gasteiger partial charge in [0.2, 0.25) is 0 Å². The molecule has 27 heavy (non-hydrogen) atoms. The van der Waals surface area contributed by atoms with E-state index in [4.69, 9.17) is 18.9 Å². The second kappa shape index (κ2) is 9.71. The Morgan fingerprint density at radius 3 is 2.04 bits per heavy atom. The summed E-state index contributed by atoms with van der Waals surface area (Å²) in [5, 5.41) is 2.93. The Morgan fingerprint density at radius 2 is 1.56 bits per heavy atom. The predicted octanol–water partition coefficient (Wildman–Crippen LogP) is 4.34. The molecule has 146 valence electrons. The first kappa shape index (κ1) is 20.4. The molecule has 0 spiro atoms. The number of carbonyl (C=O) groups is 1. The number of alkyl carbamates (subject to hydrolysis) is 1. The second-order valence-corrected chi connectivity index (χ2v) is 6.37.